The van der Waals surface area contributed by atoms with Crippen LogP contribution in [0.3, 0.4) is 0 Å². The molecule has 8 aromatic carbocycles. The lowest BCUT2D eigenvalue weighted by molar-refractivity contribution is 0.0497. The van der Waals surface area contributed by atoms with Crippen LogP contribution in [0.1, 0.15) is 0 Å². The van der Waals surface area contributed by atoms with E-state index in [2.05, 4.69) is 52.4 Å². The van der Waals surface area contributed by atoms with E-state index in [0.29, 0.717) is 41.5 Å². The summed E-state index contributed by atoms with van der Waals surface area (Å²) < 4.78 is 116. The first-order chi connectivity index (χ1) is 39.6. The highest BCUT2D eigenvalue weighted by Crippen LogP contribution is 2.43. The van der Waals surface area contributed by atoms with E-state index >= 15 is 0 Å². The molecule has 0 amide bonds. The molecule has 4 heterocycles. The van der Waals surface area contributed by atoms with Crippen molar-refractivity contribution in [3.63, 3.8) is 0 Å². The maximum Gasteiger partial charge on any atom is 0.515 e. The summed E-state index contributed by atoms with van der Waals surface area (Å²) in [6, 6.07) is 77.9. The minimum atomic E-state index is -5.14. The van der Waals surface area contributed by atoms with Gasteiger partial charge in [-0.3, -0.25) is 0 Å². The van der Waals surface area contributed by atoms with E-state index in [0.717, 1.165) is 0 Å². The minimum absolute atomic E-state index is 0.517. The van der Waals surface area contributed by atoms with E-state index in [9.17, 15) is 0 Å². The SMILES string of the molecule is C[Si](C)O[Si]1(c2ccccc2)O[Si]2(c3ccccc3)O[Si](O[Si](C)C)(c3ccccc3)O[Si](c3ccccc3)(O1)O[Si]1(c3ccccc3)O[Si](O[Si](C)C)(c3ccccc3)O[Si](c3ccccc3)(O[Si](O[Si](C)C)(c3ccccc3)O1)O2. The van der Waals surface area contributed by atoms with Gasteiger partial charge in [-0.05, 0) is 52.4 Å². The second-order valence-corrected chi connectivity index (χ2v) is 52.7. The van der Waals surface area contributed by atoms with Gasteiger partial charge in [0, 0.05) is 41.5 Å². The molecule has 8 aromatic rings. The maximum absolute atomic E-state index is 8.63. The average molecular weight is 1300 g/mol. The molecule has 420 valence electrons. The predicted octanol–water partition coefficient (Wildman–Crippen LogP) is 6.03. The van der Waals surface area contributed by atoms with Gasteiger partial charge in [-0.2, -0.15) is 0 Å². The van der Waals surface area contributed by atoms with Gasteiger partial charge in [0.05, 0.1) is 0 Å². The Balaban J connectivity index is 1.43. The first kappa shape index (κ1) is 59.5. The van der Waals surface area contributed by atoms with E-state index in [1.807, 2.05) is 243 Å². The fourth-order valence-corrected chi connectivity index (χ4v) is 61.8. The lowest BCUT2D eigenvalue weighted by atomic mass is 10.4. The third-order valence-corrected chi connectivity index (χ3v) is 53.7. The summed E-state index contributed by atoms with van der Waals surface area (Å²) in [6.45, 7) is 16.4. The van der Waals surface area contributed by atoms with Crippen molar-refractivity contribution in [1.29, 1.82) is 0 Å². The van der Waals surface area contributed by atoms with E-state index in [1.54, 1.807) is 0 Å². The van der Waals surface area contributed by atoms with Crippen LogP contribution in [-0.4, -0.2) is 107 Å². The van der Waals surface area contributed by atoms with Crippen molar-refractivity contribution in [1.82, 2.24) is 0 Å². The Labute approximate surface area is 497 Å². The lowest BCUT2D eigenvalue weighted by Gasteiger charge is -2.57. The Morgan fingerprint density at radius 2 is 0.329 bits per heavy atom. The molecule has 4 radical (unpaired) electrons. The van der Waals surface area contributed by atoms with Crippen molar-refractivity contribution in [3.8, 4) is 0 Å². The number of hydrogen-bond donors (Lipinski definition) is 0. The van der Waals surface area contributed by atoms with Crippen molar-refractivity contribution in [2.45, 2.75) is 52.4 Å². The Kier molecular flexibility index (Phi) is 17.9. The van der Waals surface area contributed by atoms with Gasteiger partial charge in [-0.25, -0.2) is 0 Å². The van der Waals surface area contributed by atoms with Gasteiger partial charge < -0.3 is 57.6 Å². The fraction of sp³-hybridized carbons (Fsp3) is 0.143. The van der Waals surface area contributed by atoms with Crippen LogP contribution in [0.5, 0.6) is 0 Å². The standard InChI is InChI=1S/C56H64O14Si12/c1-71(2)57-75(49-33-17-9-18-34-49)61-79(53-41-25-13-26-42-53)63-76(58-72(3)4,50-35-19-10-20-36-50)64-80(62-75,54-43-27-14-28-44-54)70-82(56-47-31-16-32-48-56)66-77(59-73(5)6,51-37-21-11-22-38-51)65-81(69-79,55-45-29-15-30-46-55)67-78(68-82,60-74(7)8)52-39-23-12-24-40-52/h9-48H,1-8H3. The first-order valence-corrected chi connectivity index (χ1v) is 50.4. The Bertz CT molecular complexity index is 2870. The van der Waals surface area contributed by atoms with Crippen LogP contribution in [-0.2, 0) is 57.6 Å². The van der Waals surface area contributed by atoms with Crippen LogP contribution in [0.2, 0.25) is 52.4 Å². The average Bonchev–Trinajstić information content (AvgIpc) is 2.24. The third-order valence-electron chi connectivity index (χ3n) is 13.1. The summed E-state index contributed by atoms with van der Waals surface area (Å²) in [7, 11) is -46.9. The highest BCUT2D eigenvalue weighted by molar-refractivity contribution is 7.10. The molecule has 82 heavy (non-hydrogen) atoms. The molecule has 0 aromatic heterocycles. The van der Waals surface area contributed by atoms with E-state index in [-0.39, 0.29) is 0 Å². The topological polar surface area (TPSA) is 129 Å². The second kappa shape index (κ2) is 24.6. The maximum atomic E-state index is 8.63. The third kappa shape index (κ3) is 12.0. The zero-order valence-corrected chi connectivity index (χ0v) is 58.8. The normalized spacial score (nSPS) is 29.5. The van der Waals surface area contributed by atoms with Gasteiger partial charge in [-0.15, -0.1) is 0 Å². The van der Waals surface area contributed by atoms with Crippen molar-refractivity contribution in [2.24, 2.45) is 0 Å². The monoisotopic (exact) mass is 1300 g/mol. The molecule has 0 spiro atoms. The summed E-state index contributed by atoms with van der Waals surface area (Å²) in [5.74, 6) is 0. The van der Waals surface area contributed by atoms with Crippen LogP contribution >= 0.6 is 0 Å². The zero-order chi connectivity index (χ0) is 57.1. The summed E-state index contributed by atoms with van der Waals surface area (Å²) in [6.07, 6.45) is 0. The summed E-state index contributed by atoms with van der Waals surface area (Å²) in [5, 5.41) is 4.47. The highest BCUT2D eigenvalue weighted by Gasteiger charge is 2.80. The summed E-state index contributed by atoms with van der Waals surface area (Å²) in [5.41, 5.74) is 0. The molecular weight excluding hydrogens is 1230 g/mol. The molecule has 4 aliphatic rings. The molecular formula is C56H64O14Si12. The van der Waals surface area contributed by atoms with Crippen LogP contribution in [0.4, 0.5) is 0 Å². The van der Waals surface area contributed by atoms with Gasteiger partial charge in [0.2, 0.25) is 0 Å². The molecule has 4 bridgehead atoms. The van der Waals surface area contributed by atoms with E-state index in [4.69, 9.17) is 57.6 Å². The first-order valence-electron chi connectivity index (χ1n) is 27.0. The fourth-order valence-electron chi connectivity index (χ4n) is 9.90. The van der Waals surface area contributed by atoms with Gasteiger partial charge in [0.15, 0.2) is 36.2 Å². The van der Waals surface area contributed by atoms with Gasteiger partial charge >= 0.3 is 70.4 Å². The molecule has 4 saturated heterocycles. The highest BCUT2D eigenvalue weighted by atomic mass is 28.6. The number of benzene rings is 8. The molecule has 4 fully saturated rings. The predicted molar refractivity (Wildman–Crippen MR) is 340 cm³/mol. The molecule has 0 saturated carbocycles. The molecule has 0 atom stereocenters. The summed E-state index contributed by atoms with van der Waals surface area (Å²) >= 11 is 0. The van der Waals surface area contributed by atoms with Gasteiger partial charge in [-0.1, -0.05) is 243 Å². The van der Waals surface area contributed by atoms with Crippen molar-refractivity contribution < 1.29 is 57.6 Å². The second-order valence-electron chi connectivity index (χ2n) is 20.4. The zero-order valence-electron chi connectivity index (χ0n) is 46.8. The number of rotatable bonds is 16. The molecule has 14 nitrogen and oxygen atoms in total. The van der Waals surface area contributed by atoms with Crippen LogP contribution in [0.15, 0.2) is 243 Å². The van der Waals surface area contributed by atoms with Crippen LogP contribution in [0, 0.1) is 0 Å². The molecule has 0 unspecified atom stereocenters. The number of fused-ring (bicyclic) bond motifs is 4. The minimum Gasteiger partial charge on any atom is -0.413 e. The molecule has 12 rings (SSSR count). The Morgan fingerprint density at radius 1 is 0.195 bits per heavy atom. The van der Waals surface area contributed by atoms with Crippen molar-refractivity contribution in [3.05, 3.63) is 243 Å². The Morgan fingerprint density at radius 3 is 0.463 bits per heavy atom. The lowest BCUT2D eigenvalue weighted by Crippen LogP contribution is -2.90. The molecule has 26 heteroatoms. The van der Waals surface area contributed by atoms with Gasteiger partial charge in [0.1, 0.15) is 0 Å². The van der Waals surface area contributed by atoms with E-state index in [1.165, 1.54) is 0 Å². The van der Waals surface area contributed by atoms with E-state index < -0.39 is 107 Å². The van der Waals surface area contributed by atoms with Crippen LogP contribution in [0.25, 0.3) is 0 Å². The smallest absolute Gasteiger partial charge is 0.413 e. The molecule has 4 aliphatic heterocycles. The number of hydrogen-bond acceptors (Lipinski definition) is 14. The molecule has 0 N–H and O–H groups in total. The van der Waals surface area contributed by atoms with Crippen LogP contribution < -0.4 is 41.5 Å². The molecule has 0 aliphatic carbocycles. The van der Waals surface area contributed by atoms with Crippen molar-refractivity contribution in [2.75, 3.05) is 0 Å². The van der Waals surface area contributed by atoms with Gasteiger partial charge in [0.25, 0.3) is 0 Å². The summed E-state index contributed by atoms with van der Waals surface area (Å²) in [4.78, 5) is 0. The van der Waals surface area contributed by atoms with Crippen molar-refractivity contribution >= 4 is 148 Å². The quantitative estimate of drug-likeness (QED) is 0.105. The Hall–Kier alpha value is -4.20. The largest absolute Gasteiger partial charge is 0.515 e.